The van der Waals surface area contributed by atoms with Crippen LogP contribution in [0, 0.1) is 11.3 Å². The SMILES string of the molecule is CCCCCC(C)(CCCCC)CC(C(=O)O)C(=O)O. The summed E-state index contributed by atoms with van der Waals surface area (Å²) in [4.78, 5) is 22.2. The molecule has 0 atom stereocenters. The molecule has 0 aromatic carbocycles. The standard InChI is InChI=1S/C16H30O4/c1-4-6-8-10-16(3,11-9-7-5-2)12-13(14(17)18)15(19)20/h13H,4-12H2,1-3H3,(H,17,18)(H,19,20). The molecule has 4 nitrogen and oxygen atoms in total. The van der Waals surface area contributed by atoms with E-state index in [2.05, 4.69) is 20.8 Å². The Morgan fingerprint density at radius 2 is 1.30 bits per heavy atom. The maximum absolute atomic E-state index is 11.1. The first-order valence-electron chi connectivity index (χ1n) is 7.82. The van der Waals surface area contributed by atoms with Crippen LogP contribution in [0.3, 0.4) is 0 Å². The Bertz CT molecular complexity index is 275. The van der Waals surface area contributed by atoms with Crippen molar-refractivity contribution in [3.05, 3.63) is 0 Å². The molecule has 0 unspecified atom stereocenters. The minimum atomic E-state index is -1.27. The fraction of sp³-hybridized carbons (Fsp3) is 0.875. The molecule has 0 amide bonds. The Morgan fingerprint density at radius 1 is 0.900 bits per heavy atom. The number of aliphatic carboxylic acids is 2. The lowest BCUT2D eigenvalue weighted by atomic mass is 9.73. The first-order chi connectivity index (χ1) is 9.36. The second-order valence-corrected chi connectivity index (χ2v) is 6.16. The van der Waals surface area contributed by atoms with Gasteiger partial charge in [-0.05, 0) is 24.7 Å². The van der Waals surface area contributed by atoms with E-state index in [0.29, 0.717) is 0 Å². The van der Waals surface area contributed by atoms with Crippen molar-refractivity contribution < 1.29 is 19.8 Å². The number of carboxylic acid groups (broad SMARTS) is 2. The minimum Gasteiger partial charge on any atom is -0.481 e. The molecule has 0 radical (unpaired) electrons. The molecular weight excluding hydrogens is 256 g/mol. The lowest BCUT2D eigenvalue weighted by Crippen LogP contribution is -2.31. The van der Waals surface area contributed by atoms with Crippen LogP contribution in [0.25, 0.3) is 0 Å². The summed E-state index contributed by atoms with van der Waals surface area (Å²) in [5.74, 6) is -3.70. The molecule has 0 saturated carbocycles. The molecule has 0 heterocycles. The highest BCUT2D eigenvalue weighted by Gasteiger charge is 2.35. The molecule has 2 N–H and O–H groups in total. The number of carbonyl (C=O) groups is 2. The molecule has 118 valence electrons. The van der Waals surface area contributed by atoms with E-state index in [1.165, 1.54) is 0 Å². The minimum absolute atomic E-state index is 0.175. The van der Waals surface area contributed by atoms with Gasteiger partial charge in [-0.1, -0.05) is 59.3 Å². The van der Waals surface area contributed by atoms with Gasteiger partial charge in [-0.15, -0.1) is 0 Å². The first kappa shape index (κ1) is 18.9. The van der Waals surface area contributed by atoms with Crippen molar-refractivity contribution in [3.8, 4) is 0 Å². The molecular formula is C16H30O4. The summed E-state index contributed by atoms with van der Waals surface area (Å²) < 4.78 is 0. The van der Waals surface area contributed by atoms with Crippen LogP contribution in [-0.4, -0.2) is 22.2 Å². The topological polar surface area (TPSA) is 74.6 Å². The second kappa shape index (κ2) is 9.78. The molecule has 0 aromatic heterocycles. The van der Waals surface area contributed by atoms with Gasteiger partial charge >= 0.3 is 11.9 Å². The van der Waals surface area contributed by atoms with E-state index in [0.717, 1.165) is 51.4 Å². The van der Waals surface area contributed by atoms with Crippen LogP contribution in [-0.2, 0) is 9.59 Å². The van der Waals surface area contributed by atoms with Crippen LogP contribution in [0.5, 0.6) is 0 Å². The molecule has 0 spiro atoms. The highest BCUT2D eigenvalue weighted by atomic mass is 16.4. The summed E-state index contributed by atoms with van der Waals surface area (Å²) >= 11 is 0. The summed E-state index contributed by atoms with van der Waals surface area (Å²) in [5, 5.41) is 18.1. The summed E-state index contributed by atoms with van der Waals surface area (Å²) in [7, 11) is 0. The van der Waals surface area contributed by atoms with Crippen LogP contribution in [0.2, 0.25) is 0 Å². The lowest BCUT2D eigenvalue weighted by molar-refractivity contribution is -0.156. The molecule has 4 heteroatoms. The normalized spacial score (nSPS) is 11.8. The van der Waals surface area contributed by atoms with Crippen molar-refractivity contribution in [1.29, 1.82) is 0 Å². The van der Waals surface area contributed by atoms with Crippen LogP contribution >= 0.6 is 0 Å². The van der Waals surface area contributed by atoms with E-state index in [4.69, 9.17) is 10.2 Å². The molecule has 0 aliphatic carbocycles. The van der Waals surface area contributed by atoms with Crippen molar-refractivity contribution >= 4 is 11.9 Å². The first-order valence-corrected chi connectivity index (χ1v) is 7.82. The van der Waals surface area contributed by atoms with Gasteiger partial charge in [0.05, 0.1) is 0 Å². The van der Waals surface area contributed by atoms with Crippen molar-refractivity contribution in [2.45, 2.75) is 78.6 Å². The van der Waals surface area contributed by atoms with Crippen molar-refractivity contribution in [1.82, 2.24) is 0 Å². The van der Waals surface area contributed by atoms with Gasteiger partial charge in [-0.2, -0.15) is 0 Å². The van der Waals surface area contributed by atoms with Gasteiger partial charge in [0.2, 0.25) is 0 Å². The zero-order chi connectivity index (χ0) is 15.6. The molecule has 0 aliphatic rings. The highest BCUT2D eigenvalue weighted by Crippen LogP contribution is 2.37. The van der Waals surface area contributed by atoms with Gasteiger partial charge in [0.25, 0.3) is 0 Å². The van der Waals surface area contributed by atoms with Crippen LogP contribution < -0.4 is 0 Å². The Hall–Kier alpha value is -1.06. The molecule has 0 fully saturated rings. The van der Waals surface area contributed by atoms with Crippen LogP contribution in [0.15, 0.2) is 0 Å². The molecule has 0 saturated heterocycles. The van der Waals surface area contributed by atoms with Crippen LogP contribution in [0.4, 0.5) is 0 Å². The fourth-order valence-corrected chi connectivity index (χ4v) is 2.71. The number of hydrogen-bond acceptors (Lipinski definition) is 2. The number of unbranched alkanes of at least 4 members (excludes halogenated alkanes) is 4. The van der Waals surface area contributed by atoms with Crippen LogP contribution in [0.1, 0.15) is 78.6 Å². The zero-order valence-electron chi connectivity index (χ0n) is 13.2. The third-order valence-corrected chi connectivity index (χ3v) is 4.06. The molecule has 0 bridgehead atoms. The number of rotatable bonds is 12. The maximum Gasteiger partial charge on any atom is 0.317 e. The predicted molar refractivity (Wildman–Crippen MR) is 79.8 cm³/mol. The van der Waals surface area contributed by atoms with E-state index >= 15 is 0 Å². The number of carboxylic acids is 2. The van der Waals surface area contributed by atoms with Gasteiger partial charge in [0, 0.05) is 0 Å². The van der Waals surface area contributed by atoms with E-state index in [1.807, 2.05) is 0 Å². The summed E-state index contributed by atoms with van der Waals surface area (Å²) in [6.45, 7) is 6.31. The van der Waals surface area contributed by atoms with Gasteiger partial charge in [0.15, 0.2) is 5.92 Å². The Kier molecular flexibility index (Phi) is 9.26. The maximum atomic E-state index is 11.1. The van der Waals surface area contributed by atoms with E-state index in [1.54, 1.807) is 0 Å². The third-order valence-electron chi connectivity index (χ3n) is 4.06. The zero-order valence-corrected chi connectivity index (χ0v) is 13.2. The predicted octanol–water partition coefficient (Wildman–Crippen LogP) is 4.33. The molecule has 20 heavy (non-hydrogen) atoms. The average Bonchev–Trinajstić information content (AvgIpc) is 2.36. The Labute approximate surface area is 122 Å². The Balaban J connectivity index is 4.70. The van der Waals surface area contributed by atoms with Gasteiger partial charge in [0.1, 0.15) is 0 Å². The third kappa shape index (κ3) is 7.51. The summed E-state index contributed by atoms with van der Waals surface area (Å²) in [6.07, 6.45) is 8.64. The second-order valence-electron chi connectivity index (χ2n) is 6.16. The van der Waals surface area contributed by atoms with E-state index in [-0.39, 0.29) is 11.8 Å². The van der Waals surface area contributed by atoms with Gasteiger partial charge < -0.3 is 10.2 Å². The number of hydrogen-bond donors (Lipinski definition) is 2. The lowest BCUT2D eigenvalue weighted by Gasteiger charge is -2.31. The van der Waals surface area contributed by atoms with Crippen molar-refractivity contribution in [2.75, 3.05) is 0 Å². The van der Waals surface area contributed by atoms with Crippen molar-refractivity contribution in [2.24, 2.45) is 11.3 Å². The monoisotopic (exact) mass is 286 g/mol. The van der Waals surface area contributed by atoms with Gasteiger partial charge in [-0.25, -0.2) is 0 Å². The summed E-state index contributed by atoms with van der Waals surface area (Å²) in [5.41, 5.74) is -0.175. The van der Waals surface area contributed by atoms with E-state index in [9.17, 15) is 9.59 Å². The largest absolute Gasteiger partial charge is 0.481 e. The van der Waals surface area contributed by atoms with E-state index < -0.39 is 17.9 Å². The Morgan fingerprint density at radius 3 is 1.60 bits per heavy atom. The molecule has 0 rings (SSSR count). The van der Waals surface area contributed by atoms with Crippen molar-refractivity contribution in [3.63, 3.8) is 0 Å². The molecule has 0 aliphatic heterocycles. The smallest absolute Gasteiger partial charge is 0.317 e. The molecule has 0 aromatic rings. The fourth-order valence-electron chi connectivity index (χ4n) is 2.71. The quantitative estimate of drug-likeness (QED) is 0.413. The highest BCUT2D eigenvalue weighted by molar-refractivity contribution is 5.92. The summed E-state index contributed by atoms with van der Waals surface area (Å²) in [6, 6.07) is 0. The van der Waals surface area contributed by atoms with Gasteiger partial charge in [-0.3, -0.25) is 9.59 Å². The average molecular weight is 286 g/mol.